The molecule has 7 heteroatoms. The molecule has 0 fully saturated rings. The Labute approximate surface area is 72.6 Å². The summed E-state index contributed by atoms with van der Waals surface area (Å²) in [7, 11) is -5.48. The fourth-order valence-electron chi connectivity index (χ4n) is 0.676. The van der Waals surface area contributed by atoms with Gasteiger partial charge in [-0.15, -0.1) is 0 Å². The van der Waals surface area contributed by atoms with Crippen LogP contribution in [0.4, 0.5) is 13.2 Å². The second-order valence-electron chi connectivity index (χ2n) is 2.23. The smallest absolute Gasteiger partial charge is 0.251 e. The summed E-state index contributed by atoms with van der Waals surface area (Å²) in [5.74, 6) is 0. The molecule has 0 aliphatic heterocycles. The van der Waals surface area contributed by atoms with Gasteiger partial charge in [0.2, 0.25) is 0 Å². The quantitative estimate of drug-likeness (QED) is 0.514. The Kier molecular flexibility index (Phi) is 2.49. The van der Waals surface area contributed by atoms with Crippen molar-refractivity contribution in [2.45, 2.75) is 11.6 Å². The number of hydrogen-bond donors (Lipinski definition) is 0. The summed E-state index contributed by atoms with van der Waals surface area (Å²) in [6.07, 6.45) is 4.05. The molecule has 0 radical (unpaired) electrons. The Bertz CT molecular complexity index is 327. The SMILES string of the molecule is O=S(=O)(OC1C=CC=C1)C(F)(F)F. The molecule has 0 unspecified atom stereocenters. The minimum absolute atomic E-state index is 1.15. The van der Waals surface area contributed by atoms with Crippen molar-refractivity contribution in [3.63, 3.8) is 0 Å². The molecule has 74 valence electrons. The Morgan fingerprint density at radius 2 is 1.62 bits per heavy atom. The van der Waals surface area contributed by atoms with Gasteiger partial charge in [0, 0.05) is 0 Å². The third kappa shape index (κ3) is 2.31. The maximum absolute atomic E-state index is 11.7. The Balaban J connectivity index is 2.74. The van der Waals surface area contributed by atoms with Crippen molar-refractivity contribution in [2.24, 2.45) is 0 Å². The molecule has 0 aromatic carbocycles. The van der Waals surface area contributed by atoms with Crippen molar-refractivity contribution in [3.05, 3.63) is 24.3 Å². The topological polar surface area (TPSA) is 43.4 Å². The average molecular weight is 214 g/mol. The van der Waals surface area contributed by atoms with Crippen LogP contribution in [0.2, 0.25) is 0 Å². The van der Waals surface area contributed by atoms with E-state index in [1.165, 1.54) is 24.3 Å². The van der Waals surface area contributed by atoms with Gasteiger partial charge in [0.1, 0.15) is 6.10 Å². The fourth-order valence-corrected chi connectivity index (χ4v) is 1.21. The molecule has 0 spiro atoms. The largest absolute Gasteiger partial charge is 0.523 e. The van der Waals surface area contributed by atoms with Crippen LogP contribution in [0.1, 0.15) is 0 Å². The van der Waals surface area contributed by atoms with Crippen LogP contribution in [0.15, 0.2) is 24.3 Å². The third-order valence-corrected chi connectivity index (χ3v) is 2.28. The molecule has 0 N–H and O–H groups in total. The maximum atomic E-state index is 11.7. The fraction of sp³-hybridized carbons (Fsp3) is 0.333. The highest BCUT2D eigenvalue weighted by molar-refractivity contribution is 7.87. The zero-order valence-electron chi connectivity index (χ0n) is 6.15. The Morgan fingerprint density at radius 1 is 1.15 bits per heavy atom. The minimum Gasteiger partial charge on any atom is -0.251 e. The number of allylic oxidation sites excluding steroid dienone is 2. The van der Waals surface area contributed by atoms with Crippen LogP contribution in [0.5, 0.6) is 0 Å². The van der Waals surface area contributed by atoms with Gasteiger partial charge < -0.3 is 0 Å². The van der Waals surface area contributed by atoms with Crippen LogP contribution in [-0.2, 0) is 14.3 Å². The Hall–Kier alpha value is -0.820. The van der Waals surface area contributed by atoms with Gasteiger partial charge in [0.15, 0.2) is 0 Å². The van der Waals surface area contributed by atoms with Crippen LogP contribution in [0.3, 0.4) is 0 Å². The highest BCUT2D eigenvalue weighted by atomic mass is 32.2. The number of hydrogen-bond acceptors (Lipinski definition) is 3. The van der Waals surface area contributed by atoms with Crippen molar-refractivity contribution in [3.8, 4) is 0 Å². The summed E-state index contributed by atoms with van der Waals surface area (Å²) >= 11 is 0. The third-order valence-electron chi connectivity index (χ3n) is 1.23. The van der Waals surface area contributed by atoms with Crippen LogP contribution < -0.4 is 0 Å². The molecule has 3 nitrogen and oxygen atoms in total. The van der Waals surface area contributed by atoms with E-state index < -0.39 is 21.7 Å². The maximum Gasteiger partial charge on any atom is 0.523 e. The van der Waals surface area contributed by atoms with Gasteiger partial charge in [-0.3, -0.25) is 4.18 Å². The lowest BCUT2D eigenvalue weighted by Gasteiger charge is -2.10. The molecule has 0 bridgehead atoms. The molecule has 0 aromatic rings. The van der Waals surface area contributed by atoms with E-state index in [0.29, 0.717) is 0 Å². The van der Waals surface area contributed by atoms with E-state index in [0.717, 1.165) is 0 Å². The number of alkyl halides is 3. The predicted octanol–water partition coefficient (Wildman–Crippen LogP) is 1.35. The molecular formula is C6H5F3O3S. The monoisotopic (exact) mass is 214 g/mol. The van der Waals surface area contributed by atoms with Gasteiger partial charge in [-0.1, -0.05) is 24.3 Å². The lowest BCUT2D eigenvalue weighted by Crippen LogP contribution is -2.28. The second kappa shape index (κ2) is 3.15. The number of halogens is 3. The zero-order valence-corrected chi connectivity index (χ0v) is 6.97. The van der Waals surface area contributed by atoms with Gasteiger partial charge in [0.05, 0.1) is 0 Å². The van der Waals surface area contributed by atoms with Gasteiger partial charge >= 0.3 is 15.6 Å². The molecule has 0 heterocycles. The van der Waals surface area contributed by atoms with Crippen molar-refractivity contribution in [1.29, 1.82) is 0 Å². The first kappa shape index (κ1) is 10.3. The summed E-state index contributed by atoms with van der Waals surface area (Å²) in [4.78, 5) is 0. The lowest BCUT2D eigenvalue weighted by atomic mass is 10.4. The summed E-state index contributed by atoms with van der Waals surface area (Å²) in [5.41, 5.74) is -5.36. The summed E-state index contributed by atoms with van der Waals surface area (Å²) in [5, 5.41) is 0. The first-order chi connectivity index (χ1) is 5.83. The van der Waals surface area contributed by atoms with Crippen LogP contribution in [-0.4, -0.2) is 20.0 Å². The summed E-state index contributed by atoms with van der Waals surface area (Å²) in [6.45, 7) is 0. The van der Waals surface area contributed by atoms with E-state index in [4.69, 9.17) is 0 Å². The molecule has 1 aliphatic rings. The molecule has 0 atom stereocenters. The average Bonchev–Trinajstić information content (AvgIpc) is 2.35. The molecule has 1 aliphatic carbocycles. The van der Waals surface area contributed by atoms with Crippen molar-refractivity contribution >= 4 is 10.1 Å². The highest BCUT2D eigenvalue weighted by Crippen LogP contribution is 2.26. The molecular weight excluding hydrogens is 209 g/mol. The van der Waals surface area contributed by atoms with Crippen LogP contribution >= 0.6 is 0 Å². The molecule has 0 aromatic heterocycles. The van der Waals surface area contributed by atoms with Gasteiger partial charge in [-0.2, -0.15) is 21.6 Å². The second-order valence-corrected chi connectivity index (χ2v) is 3.79. The molecule has 0 amide bonds. The normalized spacial score (nSPS) is 18.4. The van der Waals surface area contributed by atoms with Gasteiger partial charge in [-0.25, -0.2) is 0 Å². The van der Waals surface area contributed by atoms with Crippen LogP contribution in [0, 0.1) is 0 Å². The van der Waals surface area contributed by atoms with Crippen LogP contribution in [0.25, 0.3) is 0 Å². The predicted molar refractivity (Wildman–Crippen MR) is 38.1 cm³/mol. The van der Waals surface area contributed by atoms with Crippen molar-refractivity contribution < 1.29 is 25.8 Å². The van der Waals surface area contributed by atoms with E-state index in [1.54, 1.807) is 0 Å². The first-order valence-electron chi connectivity index (χ1n) is 3.17. The van der Waals surface area contributed by atoms with E-state index >= 15 is 0 Å². The Morgan fingerprint density at radius 3 is 2.00 bits per heavy atom. The molecule has 0 saturated carbocycles. The lowest BCUT2D eigenvalue weighted by molar-refractivity contribution is -0.0549. The highest BCUT2D eigenvalue weighted by Gasteiger charge is 2.48. The number of rotatable bonds is 2. The van der Waals surface area contributed by atoms with E-state index in [2.05, 4.69) is 4.18 Å². The summed E-state index contributed by atoms with van der Waals surface area (Å²) in [6, 6.07) is 0. The summed E-state index contributed by atoms with van der Waals surface area (Å²) < 4.78 is 59.8. The van der Waals surface area contributed by atoms with E-state index in [-0.39, 0.29) is 0 Å². The van der Waals surface area contributed by atoms with Gasteiger partial charge in [-0.05, 0) is 0 Å². The molecule has 1 rings (SSSR count). The first-order valence-corrected chi connectivity index (χ1v) is 4.58. The molecule has 13 heavy (non-hydrogen) atoms. The van der Waals surface area contributed by atoms with Gasteiger partial charge in [0.25, 0.3) is 0 Å². The standard InChI is InChI=1S/C6H5F3O3S/c7-6(8,9)13(10,11)12-5-3-1-2-4-5/h1-5H. The zero-order chi connectivity index (χ0) is 10.1. The van der Waals surface area contributed by atoms with Crippen molar-refractivity contribution in [2.75, 3.05) is 0 Å². The molecule has 0 saturated heterocycles. The van der Waals surface area contributed by atoms with E-state index in [1.807, 2.05) is 0 Å². The minimum atomic E-state index is -5.48. The van der Waals surface area contributed by atoms with Crippen molar-refractivity contribution in [1.82, 2.24) is 0 Å². The van der Waals surface area contributed by atoms with E-state index in [9.17, 15) is 21.6 Å².